The number of nitrogens with one attached hydrogen (secondary N) is 1. The predicted octanol–water partition coefficient (Wildman–Crippen LogP) is -0.290. The zero-order valence-electron chi connectivity index (χ0n) is 3.30. The third-order valence-electron chi connectivity index (χ3n) is 0.294. The molecule has 2 N–H and O–H groups in total. The highest BCUT2D eigenvalue weighted by molar-refractivity contribution is 5.69. The summed E-state index contributed by atoms with van der Waals surface area (Å²) in [6.45, 7) is 0. The number of carbonyl (C=O) groups excluding carboxylic acids is 1. The van der Waals surface area contributed by atoms with Gasteiger partial charge in [0.1, 0.15) is 0 Å². The second-order valence-electron chi connectivity index (χ2n) is 0.829. The van der Waals surface area contributed by atoms with Crippen LogP contribution in [-0.2, 0) is 0 Å². The third kappa shape index (κ3) is 1.54. The van der Waals surface area contributed by atoms with Crippen LogP contribution in [0.15, 0.2) is 0 Å². The molecule has 0 aliphatic rings. The lowest BCUT2D eigenvalue weighted by Gasteiger charge is -1.98. The van der Waals surface area contributed by atoms with Crippen molar-refractivity contribution >= 4 is 6.03 Å². The van der Waals surface area contributed by atoms with Gasteiger partial charge in [-0.3, -0.25) is 5.21 Å². The van der Waals surface area contributed by atoms with Crippen molar-refractivity contribution in [3.05, 3.63) is 0 Å². The van der Waals surface area contributed by atoms with Crippen LogP contribution in [0.4, 0.5) is 4.79 Å². The van der Waals surface area contributed by atoms with Gasteiger partial charge in [-0.1, -0.05) is 0 Å². The van der Waals surface area contributed by atoms with Gasteiger partial charge in [-0.2, -0.15) is 0 Å². The summed E-state index contributed by atoms with van der Waals surface area (Å²) in [7, 11) is 1.09. The highest BCUT2D eigenvalue weighted by Crippen LogP contribution is 1.67. The molecule has 0 saturated heterocycles. The zero-order chi connectivity index (χ0) is 5.15. The average molecular weight is 89.1 g/mol. The van der Waals surface area contributed by atoms with Crippen molar-refractivity contribution in [1.82, 2.24) is 10.8 Å². The fourth-order valence-electron chi connectivity index (χ4n) is 0. The van der Waals surface area contributed by atoms with E-state index in [-0.39, 0.29) is 5.06 Å². The highest BCUT2D eigenvalue weighted by Gasteiger charge is 1.92. The summed E-state index contributed by atoms with van der Waals surface area (Å²) in [5.74, 6) is 0. The Hall–Kier alpha value is -0.770. The largest absolute Gasteiger partial charge is 0.359 e. The van der Waals surface area contributed by atoms with Crippen molar-refractivity contribution < 1.29 is 10.0 Å². The second kappa shape index (κ2) is 1.61. The fourth-order valence-corrected chi connectivity index (χ4v) is 0. The van der Waals surface area contributed by atoms with Crippen molar-refractivity contribution in [1.29, 1.82) is 0 Å². The standard InChI is InChI=1S/C2H5N2O2/c1-4(6)2(3)5/h3,6H,1H3. The van der Waals surface area contributed by atoms with E-state index in [0.29, 0.717) is 0 Å². The lowest BCUT2D eigenvalue weighted by atomic mass is 11.0. The van der Waals surface area contributed by atoms with Crippen molar-refractivity contribution in [3.8, 4) is 0 Å². The fraction of sp³-hybridized carbons (Fsp3) is 0.500. The lowest BCUT2D eigenvalue weighted by Crippen LogP contribution is -2.20. The van der Waals surface area contributed by atoms with Crippen LogP contribution in [0.3, 0.4) is 0 Å². The summed E-state index contributed by atoms with van der Waals surface area (Å²) >= 11 is 0. The van der Waals surface area contributed by atoms with Crippen LogP contribution in [0.1, 0.15) is 0 Å². The van der Waals surface area contributed by atoms with E-state index in [1.54, 1.807) is 0 Å². The van der Waals surface area contributed by atoms with Gasteiger partial charge in [0, 0.05) is 7.05 Å². The number of hydrogen-bond donors (Lipinski definition) is 1. The van der Waals surface area contributed by atoms with E-state index in [9.17, 15) is 4.79 Å². The molecule has 2 amide bonds. The molecule has 4 heteroatoms. The summed E-state index contributed by atoms with van der Waals surface area (Å²) in [5, 5.41) is 8.12. The average Bonchev–Trinajstić information content (AvgIpc) is 1.36. The lowest BCUT2D eigenvalue weighted by molar-refractivity contribution is -0.0148. The van der Waals surface area contributed by atoms with Crippen LogP contribution >= 0.6 is 0 Å². The first-order valence-electron chi connectivity index (χ1n) is 1.32. The van der Waals surface area contributed by atoms with Crippen molar-refractivity contribution in [2.45, 2.75) is 0 Å². The topological polar surface area (TPSA) is 64.3 Å². The highest BCUT2D eigenvalue weighted by atomic mass is 16.5. The van der Waals surface area contributed by atoms with E-state index in [1.165, 1.54) is 0 Å². The Labute approximate surface area is 35.1 Å². The van der Waals surface area contributed by atoms with E-state index >= 15 is 0 Å². The summed E-state index contributed by atoms with van der Waals surface area (Å²) < 4.78 is 0. The first-order chi connectivity index (χ1) is 2.64. The minimum Gasteiger partial charge on any atom is -0.285 e. The number of rotatable bonds is 0. The molecule has 0 aromatic carbocycles. The molecular formula is C2H5N2O2. The maximum atomic E-state index is 9.49. The Balaban J connectivity index is 3.26. The smallest absolute Gasteiger partial charge is 0.285 e. The van der Waals surface area contributed by atoms with Gasteiger partial charge in [0.15, 0.2) is 0 Å². The summed E-state index contributed by atoms with van der Waals surface area (Å²) in [6, 6.07) is -1.10. The minimum absolute atomic E-state index is 0.194. The first kappa shape index (κ1) is 5.23. The van der Waals surface area contributed by atoms with Gasteiger partial charge in [-0.05, 0) is 0 Å². The van der Waals surface area contributed by atoms with Crippen LogP contribution < -0.4 is 5.73 Å². The predicted molar refractivity (Wildman–Crippen MR) is 18.0 cm³/mol. The molecule has 0 bridgehead atoms. The van der Waals surface area contributed by atoms with Gasteiger partial charge in [0.2, 0.25) is 0 Å². The van der Waals surface area contributed by atoms with Crippen LogP contribution in [0.5, 0.6) is 0 Å². The molecule has 1 radical (unpaired) electrons. The van der Waals surface area contributed by atoms with Gasteiger partial charge in [-0.15, -0.1) is 0 Å². The Morgan fingerprint density at radius 3 is 2.17 bits per heavy atom. The molecule has 0 unspecified atom stereocenters. The van der Waals surface area contributed by atoms with Gasteiger partial charge >= 0.3 is 6.03 Å². The molecule has 0 aliphatic heterocycles. The zero-order valence-corrected chi connectivity index (χ0v) is 3.30. The SMILES string of the molecule is CN(O)C([NH])=O. The Morgan fingerprint density at radius 1 is 2.00 bits per heavy atom. The quantitative estimate of drug-likeness (QED) is 0.327. The van der Waals surface area contributed by atoms with Gasteiger partial charge in [-0.25, -0.2) is 15.6 Å². The Bertz CT molecular complexity index is 60.6. The second-order valence-corrected chi connectivity index (χ2v) is 0.829. The first-order valence-corrected chi connectivity index (χ1v) is 1.32. The van der Waals surface area contributed by atoms with Crippen molar-refractivity contribution in [2.75, 3.05) is 7.05 Å². The number of carbonyl (C=O) groups is 1. The molecule has 4 nitrogen and oxygen atoms in total. The van der Waals surface area contributed by atoms with Crippen LogP contribution in [0, 0.1) is 0 Å². The number of hydrogen-bond acceptors (Lipinski definition) is 2. The van der Waals surface area contributed by atoms with Gasteiger partial charge in [0.25, 0.3) is 0 Å². The van der Waals surface area contributed by atoms with Crippen LogP contribution in [0.2, 0.25) is 0 Å². The molecule has 0 fully saturated rings. The van der Waals surface area contributed by atoms with Gasteiger partial charge in [0.05, 0.1) is 0 Å². The maximum absolute atomic E-state index is 9.49. The molecule has 0 aliphatic carbocycles. The van der Waals surface area contributed by atoms with E-state index in [1.807, 2.05) is 0 Å². The van der Waals surface area contributed by atoms with E-state index in [2.05, 4.69) is 0 Å². The number of hydroxylamine groups is 2. The van der Waals surface area contributed by atoms with Crippen LogP contribution in [0.25, 0.3) is 0 Å². The maximum Gasteiger partial charge on any atom is 0.359 e. The normalized spacial score (nSPS) is 7.67. The van der Waals surface area contributed by atoms with Gasteiger partial charge < -0.3 is 0 Å². The minimum atomic E-state index is -1.10. The molecular weight excluding hydrogens is 84.0 g/mol. The van der Waals surface area contributed by atoms with E-state index < -0.39 is 6.03 Å². The van der Waals surface area contributed by atoms with Crippen LogP contribution in [-0.4, -0.2) is 23.3 Å². The summed E-state index contributed by atoms with van der Waals surface area (Å²) in [4.78, 5) is 9.49. The molecule has 0 atom stereocenters. The molecule has 6 heavy (non-hydrogen) atoms. The van der Waals surface area contributed by atoms with Crippen molar-refractivity contribution in [2.24, 2.45) is 0 Å². The Morgan fingerprint density at radius 2 is 2.17 bits per heavy atom. The molecule has 0 spiro atoms. The monoisotopic (exact) mass is 89.0 g/mol. The number of nitrogens with zero attached hydrogens (tertiary/aromatic N) is 1. The molecule has 0 aromatic rings. The number of urea groups is 1. The Kier molecular flexibility index (Phi) is 1.41. The molecule has 0 heterocycles. The summed E-state index contributed by atoms with van der Waals surface area (Å²) in [5.41, 5.74) is 6.07. The summed E-state index contributed by atoms with van der Waals surface area (Å²) in [6.07, 6.45) is 0. The molecule has 0 saturated carbocycles. The molecule has 0 aromatic heterocycles. The van der Waals surface area contributed by atoms with Crippen molar-refractivity contribution in [3.63, 3.8) is 0 Å². The van der Waals surface area contributed by atoms with E-state index in [0.717, 1.165) is 7.05 Å². The van der Waals surface area contributed by atoms with E-state index in [4.69, 9.17) is 10.9 Å². The molecule has 0 rings (SSSR count). The third-order valence-corrected chi connectivity index (χ3v) is 0.294. The molecule has 35 valence electrons. The number of amides is 2.